The predicted molar refractivity (Wildman–Crippen MR) is 53.4 cm³/mol. The van der Waals surface area contributed by atoms with E-state index in [9.17, 15) is 0 Å². The van der Waals surface area contributed by atoms with Crippen LogP contribution in [0.25, 0.3) is 0 Å². The van der Waals surface area contributed by atoms with E-state index in [0.717, 1.165) is 25.9 Å². The van der Waals surface area contributed by atoms with Crippen molar-refractivity contribution in [3.63, 3.8) is 0 Å². The Bertz CT molecular complexity index is 301. The molecule has 66 valence electrons. The summed E-state index contributed by atoms with van der Waals surface area (Å²) in [6.45, 7) is 1.59. The Balaban J connectivity index is 2.25. The van der Waals surface area contributed by atoms with Gasteiger partial charge in [-0.25, -0.2) is 9.98 Å². The van der Waals surface area contributed by atoms with Gasteiger partial charge in [-0.15, -0.1) is 0 Å². The van der Waals surface area contributed by atoms with Crippen LogP contribution < -0.4 is 0 Å². The third kappa shape index (κ3) is 2.27. The Morgan fingerprint density at radius 3 is 1.77 bits per heavy atom. The molecule has 1 aromatic carbocycles. The summed E-state index contributed by atoms with van der Waals surface area (Å²) in [5.74, 6) is 0. The van der Waals surface area contributed by atoms with E-state index < -0.39 is 0 Å². The van der Waals surface area contributed by atoms with E-state index in [1.807, 2.05) is 0 Å². The maximum atomic E-state index is 4.08. The van der Waals surface area contributed by atoms with Gasteiger partial charge in [-0.3, -0.25) is 0 Å². The highest BCUT2D eigenvalue weighted by atomic mass is 14.8. The van der Waals surface area contributed by atoms with Gasteiger partial charge >= 0.3 is 0 Å². The first-order valence-corrected chi connectivity index (χ1v) is 4.61. The van der Waals surface area contributed by atoms with Crippen molar-refractivity contribution in [3.05, 3.63) is 35.4 Å². The highest BCUT2D eigenvalue weighted by Gasteiger charge is 1.95. The third-order valence-corrected chi connectivity index (χ3v) is 2.19. The maximum absolute atomic E-state index is 4.08. The number of benzene rings is 1. The molecule has 0 fully saturated rings. The molecule has 2 aliphatic rings. The first-order chi connectivity index (χ1) is 6.45. The summed E-state index contributed by atoms with van der Waals surface area (Å²) in [7, 11) is 0. The SMILES string of the molecule is C1=NCCc2ccc(cc2)CCN=1. The summed E-state index contributed by atoms with van der Waals surface area (Å²) >= 11 is 0. The van der Waals surface area contributed by atoms with Gasteiger partial charge < -0.3 is 0 Å². The molecule has 0 unspecified atom stereocenters. The van der Waals surface area contributed by atoms with E-state index in [2.05, 4.69) is 40.3 Å². The van der Waals surface area contributed by atoms with Crippen LogP contribution >= 0.6 is 0 Å². The van der Waals surface area contributed by atoms with Gasteiger partial charge in [0.15, 0.2) is 0 Å². The molecule has 3 rings (SSSR count). The van der Waals surface area contributed by atoms with Crippen molar-refractivity contribution in [2.24, 2.45) is 9.98 Å². The van der Waals surface area contributed by atoms with Gasteiger partial charge in [0.1, 0.15) is 0 Å². The quantitative estimate of drug-likeness (QED) is 0.571. The molecule has 0 saturated heterocycles. The van der Waals surface area contributed by atoms with Crippen LogP contribution in [-0.4, -0.2) is 19.1 Å². The smallest absolute Gasteiger partial charge is 0.0892 e. The first-order valence-electron chi connectivity index (χ1n) is 4.61. The van der Waals surface area contributed by atoms with Crippen LogP contribution in [0.15, 0.2) is 34.3 Å². The Morgan fingerprint density at radius 1 is 0.846 bits per heavy atom. The van der Waals surface area contributed by atoms with Crippen molar-refractivity contribution in [1.29, 1.82) is 0 Å². The summed E-state index contributed by atoms with van der Waals surface area (Å²) in [4.78, 5) is 8.15. The van der Waals surface area contributed by atoms with Crippen molar-refractivity contribution >= 4 is 6.01 Å². The number of rotatable bonds is 0. The van der Waals surface area contributed by atoms with Crippen molar-refractivity contribution < 1.29 is 0 Å². The molecular weight excluding hydrogens is 160 g/mol. The second-order valence-corrected chi connectivity index (χ2v) is 3.18. The van der Waals surface area contributed by atoms with E-state index in [1.165, 1.54) is 11.1 Å². The molecule has 0 N–H and O–H groups in total. The van der Waals surface area contributed by atoms with E-state index in [0.29, 0.717) is 0 Å². The molecule has 0 radical (unpaired) electrons. The summed E-state index contributed by atoms with van der Waals surface area (Å²) < 4.78 is 0. The van der Waals surface area contributed by atoms with Crippen molar-refractivity contribution in [2.75, 3.05) is 13.1 Å². The number of nitrogens with zero attached hydrogens (tertiary/aromatic N) is 2. The minimum absolute atomic E-state index is 0.794. The van der Waals surface area contributed by atoms with Gasteiger partial charge in [0.05, 0.1) is 19.1 Å². The lowest BCUT2D eigenvalue weighted by Gasteiger charge is -1.99. The molecule has 2 heterocycles. The van der Waals surface area contributed by atoms with Crippen LogP contribution in [0, 0.1) is 0 Å². The first kappa shape index (κ1) is 8.21. The van der Waals surface area contributed by atoms with Crippen LogP contribution in [0.1, 0.15) is 11.1 Å². The average Bonchev–Trinajstić information content (AvgIpc) is 2.25. The predicted octanol–water partition coefficient (Wildman–Crippen LogP) is 1.96. The second kappa shape index (κ2) is 4.01. The lowest BCUT2D eigenvalue weighted by Crippen LogP contribution is -1.90. The van der Waals surface area contributed by atoms with Gasteiger partial charge in [-0.05, 0) is 24.0 Å². The molecule has 2 heteroatoms. The Kier molecular flexibility index (Phi) is 2.54. The van der Waals surface area contributed by atoms with Gasteiger partial charge in [0, 0.05) is 0 Å². The van der Waals surface area contributed by atoms with Crippen molar-refractivity contribution in [3.8, 4) is 0 Å². The van der Waals surface area contributed by atoms with Crippen LogP contribution in [0.4, 0.5) is 0 Å². The number of hydrogen-bond acceptors (Lipinski definition) is 2. The number of fused-ring (bicyclic) bond motifs is 6. The van der Waals surface area contributed by atoms with E-state index in [1.54, 1.807) is 0 Å². The Morgan fingerprint density at radius 2 is 1.31 bits per heavy atom. The van der Waals surface area contributed by atoms with Crippen LogP contribution in [0.2, 0.25) is 0 Å². The van der Waals surface area contributed by atoms with Crippen molar-refractivity contribution in [1.82, 2.24) is 0 Å². The minimum atomic E-state index is 0.794. The molecule has 0 saturated carbocycles. The minimum Gasteiger partial charge on any atom is -0.225 e. The van der Waals surface area contributed by atoms with Gasteiger partial charge in [0.25, 0.3) is 0 Å². The highest BCUT2D eigenvalue weighted by Crippen LogP contribution is 2.06. The fourth-order valence-corrected chi connectivity index (χ4v) is 1.39. The van der Waals surface area contributed by atoms with Gasteiger partial charge in [0.2, 0.25) is 0 Å². The number of aliphatic imine (C=N–C) groups is 2. The van der Waals surface area contributed by atoms with Crippen LogP contribution in [0.5, 0.6) is 0 Å². The van der Waals surface area contributed by atoms with Crippen molar-refractivity contribution in [2.45, 2.75) is 12.8 Å². The monoisotopic (exact) mass is 172 g/mol. The lowest BCUT2D eigenvalue weighted by atomic mass is 10.1. The second-order valence-electron chi connectivity index (χ2n) is 3.18. The fraction of sp³-hybridized carbons (Fsp3) is 0.364. The average molecular weight is 172 g/mol. The molecule has 0 aliphatic carbocycles. The molecule has 0 atom stereocenters. The summed E-state index contributed by atoms with van der Waals surface area (Å²) in [5.41, 5.74) is 2.69. The molecule has 0 aromatic heterocycles. The Labute approximate surface area is 78.0 Å². The molecule has 2 bridgehead atoms. The molecule has 0 amide bonds. The van der Waals surface area contributed by atoms with Gasteiger partial charge in [-0.1, -0.05) is 24.3 Å². The summed E-state index contributed by atoms with van der Waals surface area (Å²) in [6, 6.07) is 11.4. The molecule has 2 nitrogen and oxygen atoms in total. The standard InChI is InChI=1S/C11H12N2/c1-2-11-4-3-10(1)5-7-12-9-13-8-6-11/h1-4H,5-8H2. The fourth-order valence-electron chi connectivity index (χ4n) is 1.39. The summed E-state index contributed by atoms with van der Waals surface area (Å²) in [6.07, 6.45) is 1.98. The zero-order valence-electron chi connectivity index (χ0n) is 7.53. The summed E-state index contributed by atoms with van der Waals surface area (Å²) in [5, 5.41) is 0. The maximum Gasteiger partial charge on any atom is 0.0892 e. The molecular formula is C11H12N2. The molecule has 0 spiro atoms. The highest BCUT2D eigenvalue weighted by molar-refractivity contribution is 5.41. The van der Waals surface area contributed by atoms with E-state index in [4.69, 9.17) is 0 Å². The van der Waals surface area contributed by atoms with E-state index in [-0.39, 0.29) is 0 Å². The normalized spacial score (nSPS) is 15.7. The third-order valence-electron chi connectivity index (χ3n) is 2.19. The van der Waals surface area contributed by atoms with E-state index >= 15 is 0 Å². The van der Waals surface area contributed by atoms with Gasteiger partial charge in [-0.2, -0.15) is 0 Å². The largest absolute Gasteiger partial charge is 0.225 e. The van der Waals surface area contributed by atoms with Crippen LogP contribution in [-0.2, 0) is 12.8 Å². The topological polar surface area (TPSA) is 24.7 Å². The zero-order valence-corrected chi connectivity index (χ0v) is 7.53. The molecule has 13 heavy (non-hydrogen) atoms. The zero-order chi connectivity index (χ0) is 8.93. The lowest BCUT2D eigenvalue weighted by molar-refractivity contribution is 0.971. The Hall–Kier alpha value is -1.40. The molecule has 2 aliphatic heterocycles. The molecule has 1 aromatic rings. The number of hydrogen-bond donors (Lipinski definition) is 0. The van der Waals surface area contributed by atoms with Crippen LogP contribution in [0.3, 0.4) is 0 Å².